The van der Waals surface area contributed by atoms with Crippen molar-refractivity contribution in [2.75, 3.05) is 31.3 Å². The van der Waals surface area contributed by atoms with E-state index in [2.05, 4.69) is 5.32 Å². The fraction of sp³-hybridized carbons (Fsp3) is 0.375. The maximum absolute atomic E-state index is 14.2. The summed E-state index contributed by atoms with van der Waals surface area (Å²) in [4.78, 5) is 29.5. The third-order valence-electron chi connectivity index (χ3n) is 6.54. The van der Waals surface area contributed by atoms with Gasteiger partial charge in [0.1, 0.15) is 12.6 Å². The molecular formula is C32H41N3O6S. The second-order valence-corrected chi connectivity index (χ2v) is 13.2. The molecule has 0 unspecified atom stereocenters. The number of sulfonamides is 1. The Morgan fingerprint density at radius 1 is 0.881 bits per heavy atom. The molecule has 1 N–H and O–H groups in total. The van der Waals surface area contributed by atoms with Crippen molar-refractivity contribution in [2.45, 2.75) is 52.2 Å². The molecule has 0 fully saturated rings. The first-order valence-electron chi connectivity index (χ1n) is 13.6. The predicted molar refractivity (Wildman–Crippen MR) is 165 cm³/mol. The Hall–Kier alpha value is -4.05. The number of methoxy groups -OCH3 is 2. The molecule has 0 aliphatic carbocycles. The molecule has 2 amide bonds. The van der Waals surface area contributed by atoms with Crippen molar-refractivity contribution in [3.05, 3.63) is 89.5 Å². The van der Waals surface area contributed by atoms with Crippen molar-refractivity contribution >= 4 is 27.5 Å². The summed E-state index contributed by atoms with van der Waals surface area (Å²) in [5.74, 6) is -0.116. The lowest BCUT2D eigenvalue weighted by molar-refractivity contribution is -0.140. The highest BCUT2D eigenvalue weighted by Gasteiger charge is 2.34. The van der Waals surface area contributed by atoms with E-state index in [1.165, 1.54) is 25.2 Å². The average Bonchev–Trinajstić information content (AvgIpc) is 2.92. The maximum Gasteiger partial charge on any atom is 0.244 e. The van der Waals surface area contributed by atoms with Crippen molar-refractivity contribution < 1.29 is 27.5 Å². The van der Waals surface area contributed by atoms with Crippen molar-refractivity contribution in [3.63, 3.8) is 0 Å². The molecule has 3 aromatic carbocycles. The number of anilines is 1. The van der Waals surface area contributed by atoms with Crippen LogP contribution in [-0.4, -0.2) is 63.7 Å². The number of nitrogens with one attached hydrogen (secondary N) is 1. The van der Waals surface area contributed by atoms with Crippen molar-refractivity contribution in [1.82, 2.24) is 10.2 Å². The molecular weight excluding hydrogens is 554 g/mol. The Labute approximate surface area is 249 Å². The van der Waals surface area contributed by atoms with Crippen LogP contribution in [0.4, 0.5) is 5.69 Å². The molecule has 0 aliphatic heterocycles. The zero-order valence-electron chi connectivity index (χ0n) is 25.4. The highest BCUT2D eigenvalue weighted by Crippen LogP contribution is 2.32. The van der Waals surface area contributed by atoms with Crippen molar-refractivity contribution in [3.8, 4) is 11.5 Å². The molecule has 0 spiro atoms. The van der Waals surface area contributed by atoms with Crippen LogP contribution < -0.4 is 19.1 Å². The second kappa shape index (κ2) is 13.7. The smallest absolute Gasteiger partial charge is 0.244 e. The van der Waals surface area contributed by atoms with Crippen LogP contribution in [0.3, 0.4) is 0 Å². The van der Waals surface area contributed by atoms with Crippen LogP contribution >= 0.6 is 0 Å². The molecule has 0 heterocycles. The maximum atomic E-state index is 14.2. The third kappa shape index (κ3) is 8.97. The molecule has 0 saturated heterocycles. The molecule has 0 aliphatic rings. The summed E-state index contributed by atoms with van der Waals surface area (Å²) in [5, 5.41) is 3.02. The minimum atomic E-state index is -3.92. The molecule has 3 rings (SSSR count). The molecule has 1 atom stereocenters. The van der Waals surface area contributed by atoms with Crippen LogP contribution in [0.15, 0.2) is 72.8 Å². The lowest BCUT2D eigenvalue weighted by Gasteiger charge is -2.35. The van der Waals surface area contributed by atoms with Gasteiger partial charge in [-0.15, -0.1) is 0 Å². The minimum absolute atomic E-state index is 0.110. The van der Waals surface area contributed by atoms with Crippen molar-refractivity contribution in [1.29, 1.82) is 0 Å². The van der Waals surface area contributed by atoms with E-state index >= 15 is 0 Å². The number of amides is 2. The summed E-state index contributed by atoms with van der Waals surface area (Å²) < 4.78 is 37.7. The van der Waals surface area contributed by atoms with E-state index in [9.17, 15) is 18.0 Å². The van der Waals surface area contributed by atoms with E-state index in [0.29, 0.717) is 11.5 Å². The van der Waals surface area contributed by atoms with Gasteiger partial charge < -0.3 is 19.7 Å². The summed E-state index contributed by atoms with van der Waals surface area (Å²) >= 11 is 0. The van der Waals surface area contributed by atoms with Gasteiger partial charge in [-0.2, -0.15) is 0 Å². The quantitative estimate of drug-likeness (QED) is 0.334. The summed E-state index contributed by atoms with van der Waals surface area (Å²) in [7, 11) is -0.988. The topological polar surface area (TPSA) is 105 Å². The summed E-state index contributed by atoms with van der Waals surface area (Å²) in [6.45, 7) is 7.16. The number of aryl methyl sites for hydroxylation is 1. The Bertz CT molecular complexity index is 1490. The van der Waals surface area contributed by atoms with Gasteiger partial charge in [-0.05, 0) is 51.0 Å². The van der Waals surface area contributed by atoms with Crippen LogP contribution in [0, 0.1) is 6.92 Å². The molecule has 3 aromatic rings. The number of benzene rings is 3. The first-order chi connectivity index (χ1) is 19.7. The molecule has 226 valence electrons. The fourth-order valence-corrected chi connectivity index (χ4v) is 5.45. The first kappa shape index (κ1) is 32.5. The van der Waals surface area contributed by atoms with Crippen LogP contribution in [0.5, 0.6) is 11.5 Å². The molecule has 10 heteroatoms. The standard InChI is InChI=1S/C32H41N3O6S/c1-23-12-11-15-25(18-23)21-34(27(31(37)33-32(2,3)4)19-24-13-9-8-10-14-24)30(36)22-35(42(7,38)39)26-16-17-28(40-5)29(20-26)41-6/h8-18,20,27H,19,21-22H2,1-7H3,(H,33,37)/t27-/m1/s1. The van der Waals surface area contributed by atoms with Crippen LogP contribution in [0.25, 0.3) is 0 Å². The van der Waals surface area contributed by atoms with Crippen LogP contribution in [-0.2, 0) is 32.6 Å². The summed E-state index contributed by atoms with van der Waals surface area (Å²) in [6, 6.07) is 20.8. The van der Waals surface area contributed by atoms with E-state index in [-0.39, 0.29) is 24.6 Å². The lowest BCUT2D eigenvalue weighted by Crippen LogP contribution is -2.56. The molecule has 42 heavy (non-hydrogen) atoms. The van der Waals surface area contributed by atoms with E-state index in [0.717, 1.165) is 27.3 Å². The van der Waals surface area contributed by atoms with Gasteiger partial charge in [0.05, 0.1) is 26.2 Å². The molecule has 0 bridgehead atoms. The number of ether oxygens (including phenoxy) is 2. The minimum Gasteiger partial charge on any atom is -0.493 e. The predicted octanol–water partition coefficient (Wildman–Crippen LogP) is 4.33. The summed E-state index contributed by atoms with van der Waals surface area (Å²) in [5.41, 5.74) is 2.37. The summed E-state index contributed by atoms with van der Waals surface area (Å²) in [6.07, 6.45) is 1.28. The van der Waals surface area contributed by atoms with Gasteiger partial charge in [-0.3, -0.25) is 13.9 Å². The Morgan fingerprint density at radius 3 is 2.10 bits per heavy atom. The molecule has 0 radical (unpaired) electrons. The molecule has 0 aromatic heterocycles. The third-order valence-corrected chi connectivity index (χ3v) is 7.68. The molecule has 0 saturated carbocycles. The normalized spacial score (nSPS) is 12.3. The Kier molecular flexibility index (Phi) is 10.6. The second-order valence-electron chi connectivity index (χ2n) is 11.3. The van der Waals surface area contributed by atoms with E-state index in [4.69, 9.17) is 9.47 Å². The highest BCUT2D eigenvalue weighted by molar-refractivity contribution is 7.92. The largest absolute Gasteiger partial charge is 0.493 e. The van der Waals surface area contributed by atoms with E-state index < -0.39 is 34.1 Å². The van der Waals surface area contributed by atoms with Gasteiger partial charge in [0.25, 0.3) is 0 Å². The molecule has 9 nitrogen and oxygen atoms in total. The number of hydrogen-bond donors (Lipinski definition) is 1. The van der Waals surface area contributed by atoms with E-state index in [1.807, 2.05) is 82.3 Å². The number of hydrogen-bond acceptors (Lipinski definition) is 6. The van der Waals surface area contributed by atoms with Crippen LogP contribution in [0.1, 0.15) is 37.5 Å². The van der Waals surface area contributed by atoms with Gasteiger partial charge in [0.2, 0.25) is 21.8 Å². The van der Waals surface area contributed by atoms with Crippen molar-refractivity contribution in [2.24, 2.45) is 0 Å². The number of carbonyl (C=O) groups excluding carboxylic acids is 2. The Morgan fingerprint density at radius 2 is 1.52 bits per heavy atom. The first-order valence-corrected chi connectivity index (χ1v) is 15.5. The van der Waals surface area contributed by atoms with Gasteiger partial charge in [-0.1, -0.05) is 60.2 Å². The SMILES string of the molecule is COc1ccc(N(CC(=O)N(Cc2cccc(C)c2)[C@H](Cc2ccccc2)C(=O)NC(C)(C)C)S(C)(=O)=O)cc1OC. The zero-order chi connectivity index (χ0) is 31.1. The number of carbonyl (C=O) groups is 2. The van der Waals surface area contributed by atoms with Gasteiger partial charge in [0.15, 0.2) is 11.5 Å². The average molecular weight is 596 g/mol. The monoisotopic (exact) mass is 595 g/mol. The number of rotatable bonds is 12. The highest BCUT2D eigenvalue weighted by atomic mass is 32.2. The van der Waals surface area contributed by atoms with Crippen LogP contribution in [0.2, 0.25) is 0 Å². The van der Waals surface area contributed by atoms with Gasteiger partial charge in [-0.25, -0.2) is 8.42 Å². The fourth-order valence-electron chi connectivity index (χ4n) is 4.61. The Balaban J connectivity index is 2.10. The van der Waals surface area contributed by atoms with E-state index in [1.54, 1.807) is 12.1 Å². The lowest BCUT2D eigenvalue weighted by atomic mass is 10.0. The van der Waals surface area contributed by atoms with Gasteiger partial charge in [0, 0.05) is 24.6 Å². The number of nitrogens with zero attached hydrogens (tertiary/aromatic N) is 2. The van der Waals surface area contributed by atoms with Gasteiger partial charge >= 0.3 is 0 Å². The zero-order valence-corrected chi connectivity index (χ0v) is 26.2.